The van der Waals surface area contributed by atoms with E-state index in [1.54, 1.807) is 0 Å². The van der Waals surface area contributed by atoms with E-state index in [9.17, 15) is 0 Å². The molecule has 6 heteroatoms. The van der Waals surface area contributed by atoms with E-state index in [1.165, 1.54) is 22.9 Å². The van der Waals surface area contributed by atoms with Gasteiger partial charge < -0.3 is 14.5 Å². The number of hydrogen-bond acceptors (Lipinski definition) is 4. The van der Waals surface area contributed by atoms with Gasteiger partial charge in [-0.25, -0.2) is 9.37 Å². The van der Waals surface area contributed by atoms with Crippen LogP contribution < -0.4 is 14.5 Å². The van der Waals surface area contributed by atoms with Crippen molar-refractivity contribution in [3.8, 4) is 17.3 Å². The van der Waals surface area contributed by atoms with Crippen LogP contribution in [-0.2, 0) is 16.2 Å². The lowest BCUT2D eigenvalue weighted by molar-refractivity contribution is 0.478. The Labute approximate surface area is 318 Å². The summed E-state index contributed by atoms with van der Waals surface area (Å²) in [5.41, 5.74) is 9.77. The molecule has 2 aromatic heterocycles. The Kier molecular flexibility index (Phi) is 8.37. The van der Waals surface area contributed by atoms with E-state index in [0.29, 0.717) is 29.1 Å². The molecule has 1 aliphatic heterocycles. The Morgan fingerprint density at radius 3 is 1.85 bits per heavy atom. The lowest BCUT2D eigenvalue weighted by Gasteiger charge is -2.29. The maximum absolute atomic E-state index is 16.2. The van der Waals surface area contributed by atoms with Gasteiger partial charge in [0, 0.05) is 46.5 Å². The van der Waals surface area contributed by atoms with Gasteiger partial charge in [-0.1, -0.05) is 105 Å². The molecule has 8 rings (SSSR count). The van der Waals surface area contributed by atoms with Crippen LogP contribution in [0.15, 0.2) is 121 Å². The van der Waals surface area contributed by atoms with Gasteiger partial charge in [0.05, 0.1) is 22.4 Å². The highest BCUT2D eigenvalue weighted by atomic mass is 19.1. The quantitative estimate of drug-likeness (QED) is 0.178. The van der Waals surface area contributed by atoms with Gasteiger partial charge >= 0.3 is 0 Å². The Morgan fingerprint density at radius 2 is 1.19 bits per heavy atom. The van der Waals surface area contributed by atoms with E-state index in [2.05, 4.69) is 127 Å². The number of aromatic nitrogens is 2. The normalized spacial score (nSPS) is 13.6. The molecule has 274 valence electrons. The monoisotopic (exact) mass is 716 g/mol. The van der Waals surface area contributed by atoms with Crippen LogP contribution in [0.2, 0.25) is 0 Å². The number of halogens is 1. The number of fused-ring (bicyclic) bond motifs is 4. The van der Waals surface area contributed by atoms with Crippen molar-refractivity contribution in [2.75, 3.05) is 16.5 Å². The summed E-state index contributed by atoms with van der Waals surface area (Å²) in [5.74, 6) is 1.46. The van der Waals surface area contributed by atoms with Gasteiger partial charge in [-0.3, -0.25) is 4.57 Å². The molecule has 5 nitrogen and oxygen atoms in total. The molecule has 0 saturated heterocycles. The molecule has 5 aromatic carbocycles. The summed E-state index contributed by atoms with van der Waals surface area (Å²) in [6.07, 6.45) is 1.83. The summed E-state index contributed by atoms with van der Waals surface area (Å²) < 4.78 is 24.8. The molecule has 0 unspecified atom stereocenters. The molecule has 0 saturated carbocycles. The van der Waals surface area contributed by atoms with Gasteiger partial charge in [-0.2, -0.15) is 0 Å². The first-order valence-corrected chi connectivity index (χ1v) is 18.8. The minimum absolute atomic E-state index is 0.00440. The van der Waals surface area contributed by atoms with Crippen LogP contribution in [0.3, 0.4) is 0 Å². The molecule has 0 amide bonds. The number of rotatable bonds is 5. The van der Waals surface area contributed by atoms with Crippen LogP contribution in [-0.4, -0.2) is 16.2 Å². The van der Waals surface area contributed by atoms with Crippen LogP contribution in [0.4, 0.5) is 27.1 Å². The number of ether oxygens (including phenoxy) is 1. The highest BCUT2D eigenvalue weighted by Crippen LogP contribution is 2.46. The molecular formula is C48H49FN4O. The largest absolute Gasteiger partial charge is 0.457 e. The minimum atomic E-state index is -0.336. The highest BCUT2D eigenvalue weighted by Gasteiger charge is 2.30. The van der Waals surface area contributed by atoms with Gasteiger partial charge in [-0.05, 0) is 87.5 Å². The van der Waals surface area contributed by atoms with E-state index in [0.717, 1.165) is 39.3 Å². The first-order valence-electron chi connectivity index (χ1n) is 18.8. The van der Waals surface area contributed by atoms with Crippen molar-refractivity contribution in [1.82, 2.24) is 9.55 Å². The Hall–Kier alpha value is -5.62. The third-order valence-corrected chi connectivity index (χ3v) is 10.6. The Bertz CT molecular complexity index is 2510. The summed E-state index contributed by atoms with van der Waals surface area (Å²) in [4.78, 5) is 9.48. The topological polar surface area (TPSA) is 33.5 Å². The van der Waals surface area contributed by atoms with Gasteiger partial charge in [0.2, 0.25) is 0 Å². The standard InChI is InChI=1S/C48H49FN4O/c1-46(2,3)31-21-22-50-44(26-31)53-40-18-11-10-17-38(40)45-39(49)28-37(29-43(45)53)54-36-16-14-15-34(27-36)51-30-52(42-20-13-12-19-41(42)51)35-24-32(47(4,5)6)23-33(25-35)48(7,8)9/h10-29H,30H2,1-9H3. The van der Waals surface area contributed by atoms with Crippen molar-refractivity contribution in [2.24, 2.45) is 0 Å². The van der Waals surface area contributed by atoms with Crippen LogP contribution in [0.5, 0.6) is 11.5 Å². The molecule has 0 atom stereocenters. The fourth-order valence-electron chi connectivity index (χ4n) is 7.47. The Morgan fingerprint density at radius 1 is 0.556 bits per heavy atom. The van der Waals surface area contributed by atoms with Crippen LogP contribution in [0, 0.1) is 5.82 Å². The highest BCUT2D eigenvalue weighted by molar-refractivity contribution is 6.09. The summed E-state index contributed by atoms with van der Waals surface area (Å²) in [6.45, 7) is 20.9. The SMILES string of the molecule is CC(C)(C)c1cc(N2CN(c3cccc(Oc4cc(F)c5c6ccccc6n(-c6cc(C(C)(C)C)ccn6)c5c4)c3)c3ccccc32)cc(C(C)(C)C)c1. The molecule has 0 fully saturated rings. The van der Waals surface area contributed by atoms with Gasteiger partial charge in [0.25, 0.3) is 0 Å². The molecule has 7 aromatic rings. The minimum Gasteiger partial charge on any atom is -0.457 e. The zero-order chi connectivity index (χ0) is 38.2. The third-order valence-electron chi connectivity index (χ3n) is 10.6. The molecule has 0 bridgehead atoms. The number of hydrogen-bond donors (Lipinski definition) is 0. The van der Waals surface area contributed by atoms with Crippen molar-refractivity contribution in [1.29, 1.82) is 0 Å². The van der Waals surface area contributed by atoms with Gasteiger partial charge in [0.15, 0.2) is 0 Å². The van der Waals surface area contributed by atoms with Gasteiger partial charge in [0.1, 0.15) is 29.8 Å². The van der Waals surface area contributed by atoms with Crippen molar-refractivity contribution in [3.05, 3.63) is 144 Å². The first kappa shape index (κ1) is 35.4. The summed E-state index contributed by atoms with van der Waals surface area (Å²) in [5, 5.41) is 1.38. The predicted octanol–water partition coefficient (Wildman–Crippen LogP) is 13.2. The Balaban J connectivity index is 1.17. The van der Waals surface area contributed by atoms with E-state index in [1.807, 2.05) is 65.4 Å². The second kappa shape index (κ2) is 12.8. The smallest absolute Gasteiger partial charge is 0.137 e. The van der Waals surface area contributed by atoms with E-state index >= 15 is 4.39 Å². The zero-order valence-corrected chi connectivity index (χ0v) is 32.8. The summed E-state index contributed by atoms with van der Waals surface area (Å²) in [7, 11) is 0. The molecule has 3 heterocycles. The molecule has 0 aliphatic carbocycles. The van der Waals surface area contributed by atoms with Crippen molar-refractivity contribution in [3.63, 3.8) is 0 Å². The summed E-state index contributed by atoms with van der Waals surface area (Å²) in [6, 6.07) is 39.2. The maximum atomic E-state index is 16.2. The number of nitrogens with zero attached hydrogens (tertiary/aromatic N) is 4. The van der Waals surface area contributed by atoms with Gasteiger partial charge in [-0.15, -0.1) is 0 Å². The fourth-order valence-corrected chi connectivity index (χ4v) is 7.47. The van der Waals surface area contributed by atoms with Crippen LogP contribution >= 0.6 is 0 Å². The van der Waals surface area contributed by atoms with E-state index in [4.69, 9.17) is 9.72 Å². The number of benzene rings is 5. The number of anilines is 4. The van der Waals surface area contributed by atoms with Crippen molar-refractivity contribution >= 4 is 44.6 Å². The average molecular weight is 717 g/mol. The predicted molar refractivity (Wildman–Crippen MR) is 223 cm³/mol. The molecule has 0 radical (unpaired) electrons. The molecule has 0 spiro atoms. The van der Waals surface area contributed by atoms with Crippen molar-refractivity contribution < 1.29 is 9.13 Å². The van der Waals surface area contributed by atoms with Crippen LogP contribution in [0.25, 0.3) is 27.6 Å². The molecular weight excluding hydrogens is 668 g/mol. The van der Waals surface area contributed by atoms with Crippen molar-refractivity contribution in [2.45, 2.75) is 78.6 Å². The second-order valence-electron chi connectivity index (χ2n) is 17.7. The average Bonchev–Trinajstić information content (AvgIpc) is 3.67. The lowest BCUT2D eigenvalue weighted by atomic mass is 9.80. The zero-order valence-electron chi connectivity index (χ0n) is 32.8. The molecule has 54 heavy (non-hydrogen) atoms. The number of para-hydroxylation sites is 3. The van der Waals surface area contributed by atoms with Crippen LogP contribution in [0.1, 0.15) is 79.0 Å². The second-order valence-corrected chi connectivity index (χ2v) is 17.7. The first-order chi connectivity index (χ1) is 25.6. The van der Waals surface area contributed by atoms with E-state index < -0.39 is 0 Å². The van der Waals surface area contributed by atoms with E-state index in [-0.39, 0.29) is 22.1 Å². The lowest BCUT2D eigenvalue weighted by Crippen LogP contribution is -2.25. The molecule has 0 N–H and O–H groups in total. The number of pyridine rings is 1. The maximum Gasteiger partial charge on any atom is 0.137 e. The molecule has 1 aliphatic rings. The fraction of sp³-hybridized carbons (Fsp3) is 0.271. The summed E-state index contributed by atoms with van der Waals surface area (Å²) >= 11 is 0. The third kappa shape index (κ3) is 6.38.